The Balaban J connectivity index is 2.28. The van der Waals surface area contributed by atoms with Gasteiger partial charge in [-0.2, -0.15) is 0 Å². The van der Waals surface area contributed by atoms with Gasteiger partial charge in [-0.05, 0) is 42.4 Å². The molecule has 0 amide bonds. The fourth-order valence-corrected chi connectivity index (χ4v) is 3.92. The Kier molecular flexibility index (Phi) is 1.79. The van der Waals surface area contributed by atoms with Crippen LogP contribution in [0.1, 0.15) is 59.3 Å². The van der Waals surface area contributed by atoms with Crippen LogP contribution in [0, 0.1) is 16.7 Å². The van der Waals surface area contributed by atoms with Crippen LogP contribution in [0.15, 0.2) is 0 Å². The molecule has 0 bridgehead atoms. The highest BCUT2D eigenvalue weighted by molar-refractivity contribution is 5.02. The second-order valence-corrected chi connectivity index (χ2v) is 5.89. The standard InChI is InChI=1S/C12H22/c1-11(2,3)12-8-4-6-10(12)7-5-9-12/h10H,4-9H2,1-3H3. The van der Waals surface area contributed by atoms with Crippen molar-refractivity contribution in [3.8, 4) is 0 Å². The second kappa shape index (κ2) is 2.49. The molecule has 0 unspecified atom stereocenters. The first-order chi connectivity index (χ1) is 5.56. The lowest BCUT2D eigenvalue weighted by molar-refractivity contribution is 0.0639. The van der Waals surface area contributed by atoms with Gasteiger partial charge in [-0.3, -0.25) is 0 Å². The van der Waals surface area contributed by atoms with E-state index in [0.29, 0.717) is 5.41 Å². The van der Waals surface area contributed by atoms with Crippen molar-refractivity contribution in [2.45, 2.75) is 59.3 Å². The molecule has 70 valence electrons. The van der Waals surface area contributed by atoms with Crippen LogP contribution in [0.5, 0.6) is 0 Å². The maximum Gasteiger partial charge on any atom is -0.0221 e. The minimum Gasteiger partial charge on any atom is -0.0596 e. The zero-order chi connectivity index (χ0) is 8.82. The minimum absolute atomic E-state index is 0.560. The van der Waals surface area contributed by atoms with Crippen molar-refractivity contribution >= 4 is 0 Å². The first-order valence-electron chi connectivity index (χ1n) is 5.56. The van der Waals surface area contributed by atoms with E-state index < -0.39 is 0 Å². The Morgan fingerprint density at radius 1 is 1.00 bits per heavy atom. The molecule has 2 aliphatic rings. The molecular formula is C12H22. The molecule has 2 aliphatic carbocycles. The summed E-state index contributed by atoms with van der Waals surface area (Å²) >= 11 is 0. The molecule has 0 N–H and O–H groups in total. The molecule has 0 aromatic rings. The summed E-state index contributed by atoms with van der Waals surface area (Å²) < 4.78 is 0. The van der Waals surface area contributed by atoms with Crippen LogP contribution in [-0.2, 0) is 0 Å². The molecule has 0 saturated heterocycles. The van der Waals surface area contributed by atoms with Crippen LogP contribution in [0.3, 0.4) is 0 Å². The van der Waals surface area contributed by atoms with Gasteiger partial charge in [-0.25, -0.2) is 0 Å². The van der Waals surface area contributed by atoms with E-state index in [0.717, 1.165) is 11.3 Å². The summed E-state index contributed by atoms with van der Waals surface area (Å²) in [6, 6.07) is 0. The Bertz CT molecular complexity index is 163. The SMILES string of the molecule is CC(C)(C)C12CCCC1CCC2. The summed E-state index contributed by atoms with van der Waals surface area (Å²) in [6.07, 6.45) is 9.08. The van der Waals surface area contributed by atoms with Crippen LogP contribution in [0.2, 0.25) is 0 Å². The molecule has 0 aromatic heterocycles. The Morgan fingerprint density at radius 3 is 1.83 bits per heavy atom. The van der Waals surface area contributed by atoms with Crippen molar-refractivity contribution in [1.82, 2.24) is 0 Å². The maximum absolute atomic E-state index is 2.46. The quantitative estimate of drug-likeness (QED) is 0.510. The van der Waals surface area contributed by atoms with E-state index in [4.69, 9.17) is 0 Å². The predicted octanol–water partition coefficient (Wildman–Crippen LogP) is 4.00. The van der Waals surface area contributed by atoms with Crippen molar-refractivity contribution < 1.29 is 0 Å². The van der Waals surface area contributed by atoms with Gasteiger partial charge in [0.15, 0.2) is 0 Å². The van der Waals surface area contributed by atoms with E-state index >= 15 is 0 Å². The molecule has 2 rings (SSSR count). The van der Waals surface area contributed by atoms with E-state index in [-0.39, 0.29) is 0 Å². The van der Waals surface area contributed by atoms with Gasteiger partial charge in [-0.1, -0.05) is 33.6 Å². The monoisotopic (exact) mass is 166 g/mol. The van der Waals surface area contributed by atoms with Gasteiger partial charge in [0.05, 0.1) is 0 Å². The van der Waals surface area contributed by atoms with Crippen molar-refractivity contribution in [2.75, 3.05) is 0 Å². The molecule has 12 heavy (non-hydrogen) atoms. The summed E-state index contributed by atoms with van der Waals surface area (Å²) in [7, 11) is 0. The molecule has 0 spiro atoms. The lowest BCUT2D eigenvalue weighted by atomic mass is 9.62. The van der Waals surface area contributed by atoms with E-state index in [1.165, 1.54) is 38.5 Å². The number of fused-ring (bicyclic) bond motifs is 1. The third kappa shape index (κ3) is 0.963. The first kappa shape index (κ1) is 8.59. The zero-order valence-corrected chi connectivity index (χ0v) is 8.82. The van der Waals surface area contributed by atoms with Gasteiger partial charge < -0.3 is 0 Å². The number of hydrogen-bond acceptors (Lipinski definition) is 0. The molecule has 0 heterocycles. The van der Waals surface area contributed by atoms with Crippen LogP contribution in [-0.4, -0.2) is 0 Å². The summed E-state index contributed by atoms with van der Waals surface area (Å²) in [4.78, 5) is 0. The van der Waals surface area contributed by atoms with Gasteiger partial charge >= 0.3 is 0 Å². The van der Waals surface area contributed by atoms with Crippen molar-refractivity contribution in [3.63, 3.8) is 0 Å². The van der Waals surface area contributed by atoms with E-state index in [9.17, 15) is 0 Å². The average molecular weight is 166 g/mol. The van der Waals surface area contributed by atoms with Crippen LogP contribution >= 0.6 is 0 Å². The van der Waals surface area contributed by atoms with Gasteiger partial charge in [-0.15, -0.1) is 0 Å². The Labute approximate surface area is 76.7 Å². The summed E-state index contributed by atoms with van der Waals surface area (Å²) in [5, 5.41) is 0. The molecule has 0 nitrogen and oxygen atoms in total. The Hall–Kier alpha value is 0. The van der Waals surface area contributed by atoms with Gasteiger partial charge in [0, 0.05) is 0 Å². The summed E-state index contributed by atoms with van der Waals surface area (Å²) in [6.45, 7) is 7.36. The minimum atomic E-state index is 0.560. The lowest BCUT2D eigenvalue weighted by Gasteiger charge is -2.43. The molecule has 0 aliphatic heterocycles. The third-order valence-electron chi connectivity index (χ3n) is 4.63. The highest BCUT2D eigenvalue weighted by Crippen LogP contribution is 2.62. The van der Waals surface area contributed by atoms with E-state index in [1.54, 1.807) is 0 Å². The molecular weight excluding hydrogens is 144 g/mol. The molecule has 0 aromatic carbocycles. The Morgan fingerprint density at radius 2 is 1.50 bits per heavy atom. The van der Waals surface area contributed by atoms with Crippen molar-refractivity contribution in [3.05, 3.63) is 0 Å². The smallest absolute Gasteiger partial charge is 0.0221 e. The number of hydrogen-bond donors (Lipinski definition) is 0. The second-order valence-electron chi connectivity index (χ2n) is 5.89. The van der Waals surface area contributed by atoms with Crippen molar-refractivity contribution in [2.24, 2.45) is 16.7 Å². The largest absolute Gasteiger partial charge is 0.0596 e. The predicted molar refractivity (Wildman–Crippen MR) is 53.1 cm³/mol. The van der Waals surface area contributed by atoms with E-state index in [2.05, 4.69) is 20.8 Å². The van der Waals surface area contributed by atoms with Gasteiger partial charge in [0.1, 0.15) is 0 Å². The van der Waals surface area contributed by atoms with Crippen molar-refractivity contribution in [1.29, 1.82) is 0 Å². The first-order valence-corrected chi connectivity index (χ1v) is 5.56. The molecule has 0 radical (unpaired) electrons. The highest BCUT2D eigenvalue weighted by atomic mass is 14.6. The third-order valence-corrected chi connectivity index (χ3v) is 4.63. The van der Waals surface area contributed by atoms with E-state index in [1.807, 2.05) is 0 Å². The van der Waals surface area contributed by atoms with Gasteiger partial charge in [0.25, 0.3) is 0 Å². The van der Waals surface area contributed by atoms with Gasteiger partial charge in [0.2, 0.25) is 0 Å². The molecule has 2 fully saturated rings. The highest BCUT2D eigenvalue weighted by Gasteiger charge is 2.52. The molecule has 0 atom stereocenters. The topological polar surface area (TPSA) is 0 Å². The normalized spacial score (nSPS) is 41.8. The fraction of sp³-hybridized carbons (Fsp3) is 1.00. The van der Waals surface area contributed by atoms with Crippen LogP contribution < -0.4 is 0 Å². The fourth-order valence-electron chi connectivity index (χ4n) is 3.92. The summed E-state index contributed by atoms with van der Waals surface area (Å²) in [5.41, 5.74) is 1.30. The summed E-state index contributed by atoms with van der Waals surface area (Å²) in [5.74, 6) is 1.08. The lowest BCUT2D eigenvalue weighted by Crippen LogP contribution is -2.35. The average Bonchev–Trinajstić information content (AvgIpc) is 2.37. The van der Waals surface area contributed by atoms with Crippen LogP contribution in [0.4, 0.5) is 0 Å². The van der Waals surface area contributed by atoms with Crippen LogP contribution in [0.25, 0.3) is 0 Å². The zero-order valence-electron chi connectivity index (χ0n) is 8.82. The maximum atomic E-state index is 2.46. The number of rotatable bonds is 0. The molecule has 0 heteroatoms. The molecule has 2 saturated carbocycles.